The number of thiocarbonyl (C=S) groups is 1. The van der Waals surface area contributed by atoms with Crippen LogP contribution in [0.25, 0.3) is 0 Å². The fraction of sp³-hybridized carbons (Fsp3) is 0.286. The van der Waals surface area contributed by atoms with Crippen molar-refractivity contribution in [1.82, 2.24) is 0 Å². The Hall–Kier alpha value is -1.33. The number of anilines is 1. The molecule has 0 saturated carbocycles. The summed E-state index contributed by atoms with van der Waals surface area (Å²) in [5, 5.41) is 0. The first-order valence-corrected chi connectivity index (χ1v) is 7.38. The molecular formula is C14H15NO2S2. The highest BCUT2D eigenvalue weighted by atomic mass is 32.2. The average molecular weight is 293 g/mol. The highest BCUT2D eigenvalue weighted by Gasteiger charge is 2.35. The van der Waals surface area contributed by atoms with E-state index in [4.69, 9.17) is 17.0 Å². The number of nitrogens with zero attached hydrogens (tertiary/aromatic N) is 1. The van der Waals surface area contributed by atoms with Crippen molar-refractivity contribution in [2.24, 2.45) is 0 Å². The van der Waals surface area contributed by atoms with E-state index in [1.807, 2.05) is 44.2 Å². The summed E-state index contributed by atoms with van der Waals surface area (Å²) in [7, 11) is 0. The molecular weight excluding hydrogens is 278 g/mol. The zero-order valence-electron chi connectivity index (χ0n) is 10.9. The number of amides is 1. The molecule has 1 saturated heterocycles. The van der Waals surface area contributed by atoms with E-state index in [1.165, 1.54) is 11.8 Å². The van der Waals surface area contributed by atoms with Crippen LogP contribution in [0.3, 0.4) is 0 Å². The van der Waals surface area contributed by atoms with Crippen molar-refractivity contribution in [1.29, 1.82) is 0 Å². The van der Waals surface area contributed by atoms with Gasteiger partial charge in [0.1, 0.15) is 10.7 Å². The third kappa shape index (κ3) is 2.82. The number of para-hydroxylation sites is 1. The Labute approximate surface area is 122 Å². The largest absolute Gasteiger partial charge is 0.497 e. The standard InChI is InChI=1S/C14H15NO2S2/c1-3-11(17-4-2)12-13(16)15(14(18)19-12)10-8-6-5-7-9-10/h5-9H,3-4H2,1-2H3. The lowest BCUT2D eigenvalue weighted by molar-refractivity contribution is -0.113. The molecule has 0 unspecified atom stereocenters. The lowest BCUT2D eigenvalue weighted by atomic mass is 10.2. The highest BCUT2D eigenvalue weighted by Crippen LogP contribution is 2.37. The Morgan fingerprint density at radius 3 is 2.58 bits per heavy atom. The second kappa shape index (κ2) is 6.21. The zero-order valence-corrected chi connectivity index (χ0v) is 12.5. The minimum Gasteiger partial charge on any atom is -0.497 e. The van der Waals surface area contributed by atoms with Crippen LogP contribution in [0.1, 0.15) is 20.3 Å². The van der Waals surface area contributed by atoms with E-state index in [2.05, 4.69) is 0 Å². The van der Waals surface area contributed by atoms with Gasteiger partial charge in [-0.2, -0.15) is 0 Å². The number of allylic oxidation sites excluding steroid dienone is 1. The van der Waals surface area contributed by atoms with Crippen LogP contribution in [0.2, 0.25) is 0 Å². The van der Waals surface area contributed by atoms with Crippen molar-refractivity contribution in [3.8, 4) is 0 Å². The maximum Gasteiger partial charge on any atom is 0.274 e. The van der Waals surface area contributed by atoms with Gasteiger partial charge in [0.15, 0.2) is 4.32 Å². The Kier molecular flexibility index (Phi) is 4.61. The van der Waals surface area contributed by atoms with Gasteiger partial charge in [-0.25, -0.2) is 0 Å². The number of hydrogen-bond acceptors (Lipinski definition) is 4. The van der Waals surface area contributed by atoms with E-state index < -0.39 is 0 Å². The summed E-state index contributed by atoms with van der Waals surface area (Å²) in [5.41, 5.74) is 0.798. The molecule has 1 aromatic rings. The minimum atomic E-state index is -0.0912. The predicted molar refractivity (Wildman–Crippen MR) is 83.1 cm³/mol. The molecule has 19 heavy (non-hydrogen) atoms. The van der Waals surface area contributed by atoms with Crippen molar-refractivity contribution in [3.63, 3.8) is 0 Å². The highest BCUT2D eigenvalue weighted by molar-refractivity contribution is 8.27. The molecule has 1 fully saturated rings. The number of rotatable bonds is 4. The number of thioether (sulfide) groups is 1. The van der Waals surface area contributed by atoms with Gasteiger partial charge in [0.05, 0.1) is 12.3 Å². The molecule has 1 heterocycles. The predicted octanol–water partition coefficient (Wildman–Crippen LogP) is 3.71. The van der Waals surface area contributed by atoms with Crippen LogP contribution in [0.4, 0.5) is 5.69 Å². The van der Waals surface area contributed by atoms with Crippen molar-refractivity contribution in [2.75, 3.05) is 11.5 Å². The van der Waals surface area contributed by atoms with Gasteiger partial charge < -0.3 is 4.74 Å². The van der Waals surface area contributed by atoms with Crippen LogP contribution < -0.4 is 4.90 Å². The number of ether oxygens (including phenoxy) is 1. The van der Waals surface area contributed by atoms with E-state index in [1.54, 1.807) is 4.90 Å². The van der Waals surface area contributed by atoms with Gasteiger partial charge >= 0.3 is 0 Å². The molecule has 1 aromatic carbocycles. The van der Waals surface area contributed by atoms with Crippen LogP contribution in [0, 0.1) is 0 Å². The smallest absolute Gasteiger partial charge is 0.274 e. The molecule has 0 spiro atoms. The Bertz CT molecular complexity index is 526. The second-order valence-electron chi connectivity index (χ2n) is 3.88. The molecule has 1 amide bonds. The van der Waals surface area contributed by atoms with Crippen LogP contribution >= 0.6 is 24.0 Å². The fourth-order valence-corrected chi connectivity index (χ4v) is 3.23. The van der Waals surface area contributed by atoms with E-state index >= 15 is 0 Å². The molecule has 0 aromatic heterocycles. The fourth-order valence-electron chi connectivity index (χ4n) is 1.84. The van der Waals surface area contributed by atoms with Crippen molar-refractivity contribution in [2.45, 2.75) is 20.3 Å². The van der Waals surface area contributed by atoms with E-state index in [-0.39, 0.29) is 5.91 Å². The van der Waals surface area contributed by atoms with Crippen molar-refractivity contribution < 1.29 is 9.53 Å². The molecule has 0 bridgehead atoms. The summed E-state index contributed by atoms with van der Waals surface area (Å²) < 4.78 is 6.08. The monoisotopic (exact) mass is 293 g/mol. The normalized spacial score (nSPS) is 17.9. The number of carbonyl (C=O) groups excluding carboxylic acids is 1. The first-order chi connectivity index (χ1) is 9.19. The number of carbonyl (C=O) groups is 1. The van der Waals surface area contributed by atoms with Gasteiger partial charge in [-0.15, -0.1) is 0 Å². The quantitative estimate of drug-likeness (QED) is 0.481. The molecule has 100 valence electrons. The lowest BCUT2D eigenvalue weighted by Gasteiger charge is -2.14. The SMILES string of the molecule is CCOC(CC)=C1SC(=S)N(c2ccccc2)C1=O. The van der Waals surface area contributed by atoms with Crippen molar-refractivity contribution >= 4 is 39.9 Å². The molecule has 2 rings (SSSR count). The third-order valence-corrected chi connectivity index (χ3v) is 4.07. The summed E-state index contributed by atoms with van der Waals surface area (Å²) in [5.74, 6) is 0.629. The summed E-state index contributed by atoms with van der Waals surface area (Å²) in [6.07, 6.45) is 0.688. The van der Waals surface area contributed by atoms with Crippen molar-refractivity contribution in [3.05, 3.63) is 41.0 Å². The first kappa shape index (κ1) is 14.1. The molecule has 5 heteroatoms. The molecule has 0 N–H and O–H groups in total. The van der Waals surface area contributed by atoms with E-state index in [0.717, 1.165) is 11.4 Å². The maximum absolute atomic E-state index is 12.5. The molecule has 3 nitrogen and oxygen atoms in total. The maximum atomic E-state index is 12.5. The molecule has 0 aliphatic carbocycles. The van der Waals surface area contributed by atoms with Gasteiger partial charge in [-0.1, -0.05) is 49.1 Å². The Balaban J connectivity index is 2.36. The molecule has 0 radical (unpaired) electrons. The van der Waals surface area contributed by atoms with Crippen LogP contribution in [0.5, 0.6) is 0 Å². The summed E-state index contributed by atoms with van der Waals surface area (Å²) >= 11 is 6.62. The summed E-state index contributed by atoms with van der Waals surface area (Å²) in [6, 6.07) is 9.44. The van der Waals surface area contributed by atoms with Gasteiger partial charge in [-0.05, 0) is 19.1 Å². The van der Waals surface area contributed by atoms with Gasteiger partial charge in [0.25, 0.3) is 5.91 Å². The summed E-state index contributed by atoms with van der Waals surface area (Å²) in [4.78, 5) is 14.6. The lowest BCUT2D eigenvalue weighted by Crippen LogP contribution is -2.27. The topological polar surface area (TPSA) is 29.5 Å². The number of hydrogen-bond donors (Lipinski definition) is 0. The van der Waals surface area contributed by atoms with Gasteiger partial charge in [0.2, 0.25) is 0 Å². The van der Waals surface area contributed by atoms with Crippen LogP contribution in [-0.4, -0.2) is 16.8 Å². The Morgan fingerprint density at radius 1 is 1.32 bits per heavy atom. The second-order valence-corrected chi connectivity index (χ2v) is 5.53. The molecule has 1 aliphatic heterocycles. The first-order valence-electron chi connectivity index (χ1n) is 6.16. The Morgan fingerprint density at radius 2 is 2.00 bits per heavy atom. The molecule has 0 atom stereocenters. The van der Waals surface area contributed by atoms with E-state index in [0.29, 0.717) is 22.3 Å². The summed E-state index contributed by atoms with van der Waals surface area (Å²) in [6.45, 7) is 4.44. The van der Waals surface area contributed by atoms with Crippen LogP contribution in [0.15, 0.2) is 41.0 Å². The zero-order chi connectivity index (χ0) is 13.8. The third-order valence-electron chi connectivity index (χ3n) is 2.68. The average Bonchev–Trinajstić information content (AvgIpc) is 2.72. The molecule has 1 aliphatic rings. The van der Waals surface area contributed by atoms with E-state index in [9.17, 15) is 4.79 Å². The van der Waals surface area contributed by atoms with Crippen LogP contribution in [-0.2, 0) is 9.53 Å². The number of benzene rings is 1. The van der Waals surface area contributed by atoms with Gasteiger partial charge in [-0.3, -0.25) is 9.69 Å². The van der Waals surface area contributed by atoms with Gasteiger partial charge in [0, 0.05) is 6.42 Å². The minimum absolute atomic E-state index is 0.0912.